The Morgan fingerprint density at radius 2 is 2.50 bits per heavy atom. The van der Waals surface area contributed by atoms with Crippen LogP contribution in [0.4, 0.5) is 4.39 Å². The van der Waals surface area contributed by atoms with E-state index in [-0.39, 0.29) is 0 Å². The zero-order valence-electron chi connectivity index (χ0n) is 5.67. The minimum atomic E-state index is -0.410. The highest BCUT2D eigenvalue weighted by molar-refractivity contribution is 7.05. The second kappa shape index (κ2) is 3.61. The molecule has 0 spiro atoms. The summed E-state index contributed by atoms with van der Waals surface area (Å²) in [6.07, 6.45) is 3.61. The fourth-order valence-electron chi connectivity index (χ4n) is 0.623. The molecular weight excluding hydrogens is 151 g/mol. The number of aromatic nitrogens is 2. The van der Waals surface area contributed by atoms with Gasteiger partial charge in [-0.1, -0.05) is 11.4 Å². The van der Waals surface area contributed by atoms with Gasteiger partial charge in [-0.15, -0.1) is 5.10 Å². The van der Waals surface area contributed by atoms with Gasteiger partial charge in [-0.3, -0.25) is 0 Å². The van der Waals surface area contributed by atoms with Crippen LogP contribution in [0.5, 0.6) is 0 Å². The SMILES string of the molecule is C[CH]CCc1snnc1F. The van der Waals surface area contributed by atoms with Gasteiger partial charge in [0, 0.05) is 0 Å². The van der Waals surface area contributed by atoms with Crippen LogP contribution < -0.4 is 0 Å². The lowest BCUT2D eigenvalue weighted by Gasteiger charge is -1.89. The quantitative estimate of drug-likeness (QED) is 0.672. The molecular formula is C6H8FN2S. The molecule has 0 saturated carbocycles. The van der Waals surface area contributed by atoms with E-state index in [0.717, 1.165) is 24.4 Å². The second-order valence-electron chi connectivity index (χ2n) is 1.93. The first kappa shape index (κ1) is 7.60. The highest BCUT2D eigenvalue weighted by atomic mass is 32.1. The van der Waals surface area contributed by atoms with E-state index in [1.165, 1.54) is 0 Å². The van der Waals surface area contributed by atoms with Gasteiger partial charge in [0.2, 0.25) is 5.95 Å². The summed E-state index contributed by atoms with van der Waals surface area (Å²) in [7, 11) is 0. The molecule has 0 bridgehead atoms. The smallest absolute Gasteiger partial charge is 0.182 e. The highest BCUT2D eigenvalue weighted by Crippen LogP contribution is 2.11. The van der Waals surface area contributed by atoms with Crippen LogP contribution >= 0.6 is 11.5 Å². The third kappa shape index (κ3) is 1.73. The van der Waals surface area contributed by atoms with Crippen molar-refractivity contribution in [3.05, 3.63) is 17.2 Å². The zero-order chi connectivity index (χ0) is 7.40. The van der Waals surface area contributed by atoms with Gasteiger partial charge in [-0.25, -0.2) is 0 Å². The van der Waals surface area contributed by atoms with Crippen LogP contribution in [0.3, 0.4) is 0 Å². The molecule has 0 aromatic carbocycles. The van der Waals surface area contributed by atoms with Crippen molar-refractivity contribution in [3.8, 4) is 0 Å². The second-order valence-corrected chi connectivity index (χ2v) is 2.77. The van der Waals surface area contributed by atoms with Crippen molar-refractivity contribution < 1.29 is 4.39 Å². The average Bonchev–Trinajstić information content (AvgIpc) is 2.31. The van der Waals surface area contributed by atoms with E-state index < -0.39 is 5.95 Å². The molecule has 0 amide bonds. The van der Waals surface area contributed by atoms with Gasteiger partial charge in [0.25, 0.3) is 0 Å². The predicted octanol–water partition coefficient (Wildman–Crippen LogP) is 1.83. The van der Waals surface area contributed by atoms with E-state index in [4.69, 9.17) is 0 Å². The molecule has 0 aliphatic carbocycles. The maximum Gasteiger partial charge on any atom is 0.248 e. The van der Waals surface area contributed by atoms with Crippen molar-refractivity contribution in [2.75, 3.05) is 0 Å². The Morgan fingerprint density at radius 1 is 1.70 bits per heavy atom. The molecule has 0 N–H and O–H groups in total. The number of hydrogen-bond donors (Lipinski definition) is 0. The standard InChI is InChI=1S/C6H8FN2S/c1-2-3-4-5-6(7)8-9-10-5/h2H,3-4H2,1H3. The van der Waals surface area contributed by atoms with E-state index in [9.17, 15) is 4.39 Å². The molecule has 0 atom stereocenters. The highest BCUT2D eigenvalue weighted by Gasteiger charge is 2.04. The Hall–Kier alpha value is -0.510. The lowest BCUT2D eigenvalue weighted by molar-refractivity contribution is 0.565. The van der Waals surface area contributed by atoms with Crippen molar-refractivity contribution >= 4 is 11.5 Å². The summed E-state index contributed by atoms with van der Waals surface area (Å²) in [5.41, 5.74) is 0. The topological polar surface area (TPSA) is 25.8 Å². The van der Waals surface area contributed by atoms with Crippen LogP contribution in [0.25, 0.3) is 0 Å². The maximum absolute atomic E-state index is 12.5. The summed E-state index contributed by atoms with van der Waals surface area (Å²) in [6, 6.07) is 0. The zero-order valence-corrected chi connectivity index (χ0v) is 6.49. The van der Waals surface area contributed by atoms with Gasteiger partial charge in [0.05, 0.1) is 4.88 Å². The molecule has 1 aromatic rings. The first-order chi connectivity index (χ1) is 4.84. The molecule has 0 aliphatic rings. The van der Waals surface area contributed by atoms with Gasteiger partial charge >= 0.3 is 0 Å². The first-order valence-electron chi connectivity index (χ1n) is 3.09. The number of nitrogens with zero attached hydrogens (tertiary/aromatic N) is 2. The molecule has 0 unspecified atom stereocenters. The van der Waals surface area contributed by atoms with Crippen LogP contribution in [-0.2, 0) is 6.42 Å². The minimum absolute atomic E-state index is 0.410. The van der Waals surface area contributed by atoms with E-state index >= 15 is 0 Å². The van der Waals surface area contributed by atoms with E-state index in [2.05, 4.69) is 9.59 Å². The lowest BCUT2D eigenvalue weighted by atomic mass is 10.2. The van der Waals surface area contributed by atoms with Crippen LogP contribution in [-0.4, -0.2) is 9.59 Å². The Morgan fingerprint density at radius 3 is 3.00 bits per heavy atom. The van der Waals surface area contributed by atoms with Gasteiger partial charge in [-0.2, -0.15) is 4.39 Å². The van der Waals surface area contributed by atoms with E-state index in [0.29, 0.717) is 4.88 Å². The largest absolute Gasteiger partial charge is 0.248 e. The van der Waals surface area contributed by atoms with E-state index in [1.807, 2.05) is 13.3 Å². The molecule has 0 fully saturated rings. The molecule has 0 saturated heterocycles. The molecule has 0 aliphatic heterocycles. The molecule has 1 radical (unpaired) electrons. The van der Waals surface area contributed by atoms with Crippen molar-refractivity contribution in [2.45, 2.75) is 19.8 Å². The molecule has 4 heteroatoms. The van der Waals surface area contributed by atoms with Crippen molar-refractivity contribution in [1.29, 1.82) is 0 Å². The molecule has 2 nitrogen and oxygen atoms in total. The van der Waals surface area contributed by atoms with Gasteiger partial charge in [-0.05, 0) is 30.8 Å². The molecule has 1 heterocycles. The van der Waals surface area contributed by atoms with Gasteiger partial charge in [0.15, 0.2) is 0 Å². The Balaban J connectivity index is 2.49. The van der Waals surface area contributed by atoms with Crippen molar-refractivity contribution in [1.82, 2.24) is 9.59 Å². The fourth-order valence-corrected chi connectivity index (χ4v) is 1.16. The summed E-state index contributed by atoms with van der Waals surface area (Å²) in [4.78, 5) is 0.651. The third-order valence-electron chi connectivity index (χ3n) is 1.17. The predicted molar refractivity (Wildman–Crippen MR) is 38.2 cm³/mol. The Kier molecular flexibility index (Phi) is 2.74. The fraction of sp³-hybridized carbons (Fsp3) is 0.500. The Bertz CT molecular complexity index is 199. The summed E-state index contributed by atoms with van der Waals surface area (Å²) in [5.74, 6) is -0.410. The number of halogens is 1. The molecule has 10 heavy (non-hydrogen) atoms. The number of aryl methyl sites for hydroxylation is 1. The van der Waals surface area contributed by atoms with Crippen LogP contribution in [0.2, 0.25) is 0 Å². The Labute approximate surface area is 63.2 Å². The van der Waals surface area contributed by atoms with Crippen LogP contribution in [0.15, 0.2) is 0 Å². The summed E-state index contributed by atoms with van der Waals surface area (Å²) >= 11 is 1.13. The summed E-state index contributed by atoms with van der Waals surface area (Å²) in [6.45, 7) is 1.95. The minimum Gasteiger partial charge on any atom is -0.182 e. The third-order valence-corrected chi connectivity index (χ3v) is 1.93. The number of hydrogen-bond acceptors (Lipinski definition) is 3. The average molecular weight is 159 g/mol. The van der Waals surface area contributed by atoms with E-state index in [1.54, 1.807) is 0 Å². The van der Waals surface area contributed by atoms with Crippen molar-refractivity contribution in [3.63, 3.8) is 0 Å². The normalized spacial score (nSPS) is 10.2. The maximum atomic E-state index is 12.5. The number of unbranched alkanes of at least 4 members (excludes halogenated alkanes) is 1. The molecule has 55 valence electrons. The van der Waals surface area contributed by atoms with Crippen LogP contribution in [0, 0.1) is 12.4 Å². The van der Waals surface area contributed by atoms with Crippen molar-refractivity contribution in [2.24, 2.45) is 0 Å². The molecule has 1 aromatic heterocycles. The summed E-state index contributed by atoms with van der Waals surface area (Å²) < 4.78 is 16.0. The molecule has 1 rings (SSSR count). The number of rotatable bonds is 3. The van der Waals surface area contributed by atoms with Crippen LogP contribution in [0.1, 0.15) is 18.2 Å². The monoisotopic (exact) mass is 159 g/mol. The summed E-state index contributed by atoms with van der Waals surface area (Å²) in [5, 5.41) is 3.26. The first-order valence-corrected chi connectivity index (χ1v) is 3.86. The van der Waals surface area contributed by atoms with Gasteiger partial charge < -0.3 is 0 Å². The lowest BCUT2D eigenvalue weighted by Crippen LogP contribution is -1.84. The van der Waals surface area contributed by atoms with Gasteiger partial charge in [0.1, 0.15) is 0 Å².